The highest BCUT2D eigenvalue weighted by atomic mass is 127. The van der Waals surface area contributed by atoms with E-state index in [4.69, 9.17) is 9.84 Å². The van der Waals surface area contributed by atoms with Crippen LogP contribution in [0.3, 0.4) is 0 Å². The highest BCUT2D eigenvalue weighted by Crippen LogP contribution is 2.19. The van der Waals surface area contributed by atoms with Crippen LogP contribution in [0.4, 0.5) is 10.5 Å². The maximum atomic E-state index is 11.6. The Morgan fingerprint density at radius 3 is 2.74 bits per heavy atom. The third-order valence-corrected chi connectivity index (χ3v) is 3.69. The fraction of sp³-hybridized carbons (Fsp3) is 0.333. The molecule has 1 aromatic carbocycles. The van der Waals surface area contributed by atoms with Crippen LogP contribution in [0.25, 0.3) is 0 Å². The number of carbonyl (C=O) groups excluding carboxylic acids is 1. The molecule has 1 rings (SSSR count). The Morgan fingerprint density at radius 1 is 1.47 bits per heavy atom. The molecule has 6 nitrogen and oxygen atoms in total. The SMILES string of the molecule is COC(CNC(=O)Nc1cccc(I)c1C)C(=O)O. The number of amides is 2. The Kier molecular flexibility index (Phi) is 6.03. The first-order valence-electron chi connectivity index (χ1n) is 5.51. The summed E-state index contributed by atoms with van der Waals surface area (Å²) in [6, 6.07) is 5.08. The van der Waals surface area contributed by atoms with E-state index in [0.717, 1.165) is 9.13 Å². The van der Waals surface area contributed by atoms with Crippen molar-refractivity contribution in [1.82, 2.24) is 5.32 Å². The van der Waals surface area contributed by atoms with Gasteiger partial charge in [-0.15, -0.1) is 0 Å². The molecule has 19 heavy (non-hydrogen) atoms. The molecule has 7 heteroatoms. The predicted octanol–water partition coefficient (Wildman–Crippen LogP) is 1.82. The minimum absolute atomic E-state index is 0.0966. The van der Waals surface area contributed by atoms with Crippen molar-refractivity contribution >= 4 is 40.3 Å². The summed E-state index contributed by atoms with van der Waals surface area (Å²) < 4.78 is 5.75. The summed E-state index contributed by atoms with van der Waals surface area (Å²) in [5.41, 5.74) is 1.65. The van der Waals surface area contributed by atoms with Gasteiger partial charge in [0.2, 0.25) is 0 Å². The van der Waals surface area contributed by atoms with Crippen LogP contribution in [0.1, 0.15) is 5.56 Å². The molecule has 0 aliphatic rings. The highest BCUT2D eigenvalue weighted by molar-refractivity contribution is 14.1. The largest absolute Gasteiger partial charge is 0.479 e. The van der Waals surface area contributed by atoms with Gasteiger partial charge >= 0.3 is 12.0 Å². The van der Waals surface area contributed by atoms with Crippen molar-refractivity contribution in [3.63, 3.8) is 0 Å². The lowest BCUT2D eigenvalue weighted by Gasteiger charge is -2.13. The number of aliphatic carboxylic acids is 1. The number of halogens is 1. The number of hydrogen-bond acceptors (Lipinski definition) is 3. The van der Waals surface area contributed by atoms with Crippen LogP contribution in [0.5, 0.6) is 0 Å². The number of rotatable bonds is 5. The van der Waals surface area contributed by atoms with Gasteiger partial charge in [0, 0.05) is 16.4 Å². The Morgan fingerprint density at radius 2 is 2.16 bits per heavy atom. The first-order valence-corrected chi connectivity index (χ1v) is 6.59. The molecular weight excluding hydrogens is 363 g/mol. The third kappa shape index (κ3) is 4.67. The Balaban J connectivity index is 2.56. The van der Waals surface area contributed by atoms with E-state index in [0.29, 0.717) is 5.69 Å². The van der Waals surface area contributed by atoms with Crippen LogP contribution in [0.2, 0.25) is 0 Å². The summed E-state index contributed by atoms with van der Waals surface area (Å²) in [5.74, 6) is -1.12. The zero-order valence-electron chi connectivity index (χ0n) is 10.6. The summed E-state index contributed by atoms with van der Waals surface area (Å²) >= 11 is 2.17. The molecule has 0 aliphatic carbocycles. The molecule has 1 atom stereocenters. The van der Waals surface area contributed by atoms with Gasteiger partial charge in [0.15, 0.2) is 6.10 Å². The second kappa shape index (κ2) is 7.29. The van der Waals surface area contributed by atoms with Crippen molar-refractivity contribution in [3.8, 4) is 0 Å². The number of benzene rings is 1. The van der Waals surface area contributed by atoms with Crippen molar-refractivity contribution in [3.05, 3.63) is 27.3 Å². The lowest BCUT2D eigenvalue weighted by atomic mass is 10.2. The van der Waals surface area contributed by atoms with E-state index in [2.05, 4.69) is 33.2 Å². The summed E-state index contributed by atoms with van der Waals surface area (Å²) in [4.78, 5) is 22.3. The monoisotopic (exact) mass is 378 g/mol. The second-order valence-corrected chi connectivity index (χ2v) is 4.97. The molecule has 104 valence electrons. The zero-order chi connectivity index (χ0) is 14.4. The average Bonchev–Trinajstić information content (AvgIpc) is 2.35. The summed E-state index contributed by atoms with van der Waals surface area (Å²) in [5, 5.41) is 13.9. The maximum absolute atomic E-state index is 11.6. The fourth-order valence-electron chi connectivity index (χ4n) is 1.37. The van der Waals surface area contributed by atoms with Gasteiger partial charge in [-0.05, 0) is 47.2 Å². The molecule has 0 aromatic heterocycles. The Hall–Kier alpha value is -1.35. The van der Waals surface area contributed by atoms with Crippen LogP contribution in [-0.4, -0.2) is 36.9 Å². The van der Waals surface area contributed by atoms with Gasteiger partial charge in [-0.25, -0.2) is 9.59 Å². The van der Waals surface area contributed by atoms with E-state index in [1.165, 1.54) is 7.11 Å². The van der Waals surface area contributed by atoms with Crippen LogP contribution in [-0.2, 0) is 9.53 Å². The molecule has 0 aliphatic heterocycles. The van der Waals surface area contributed by atoms with Crippen LogP contribution < -0.4 is 10.6 Å². The van der Waals surface area contributed by atoms with Gasteiger partial charge in [-0.2, -0.15) is 0 Å². The van der Waals surface area contributed by atoms with Crippen molar-refractivity contribution < 1.29 is 19.4 Å². The van der Waals surface area contributed by atoms with Gasteiger partial charge in [-0.1, -0.05) is 6.07 Å². The van der Waals surface area contributed by atoms with Crippen molar-refractivity contribution in [2.45, 2.75) is 13.0 Å². The second-order valence-electron chi connectivity index (χ2n) is 3.81. The number of methoxy groups -OCH3 is 1. The first-order chi connectivity index (χ1) is 8.95. The Bertz CT molecular complexity index is 479. The number of ether oxygens (including phenoxy) is 1. The lowest BCUT2D eigenvalue weighted by molar-refractivity contribution is -0.147. The number of hydrogen-bond donors (Lipinski definition) is 3. The summed E-state index contributed by atoms with van der Waals surface area (Å²) in [7, 11) is 1.28. The van der Waals surface area contributed by atoms with Crippen molar-refractivity contribution in [2.24, 2.45) is 0 Å². The van der Waals surface area contributed by atoms with Gasteiger partial charge in [-0.3, -0.25) is 0 Å². The predicted molar refractivity (Wildman–Crippen MR) is 79.4 cm³/mol. The molecule has 0 saturated carbocycles. The normalized spacial score (nSPS) is 11.7. The fourth-order valence-corrected chi connectivity index (χ4v) is 1.86. The van der Waals surface area contributed by atoms with Gasteiger partial charge in [0.25, 0.3) is 0 Å². The van der Waals surface area contributed by atoms with E-state index in [9.17, 15) is 9.59 Å². The molecule has 1 unspecified atom stereocenters. The molecule has 0 heterocycles. The van der Waals surface area contributed by atoms with E-state index < -0.39 is 18.1 Å². The number of carbonyl (C=O) groups is 2. The quantitative estimate of drug-likeness (QED) is 0.683. The molecular formula is C12H15IN2O4. The lowest BCUT2D eigenvalue weighted by Crippen LogP contribution is -2.39. The van der Waals surface area contributed by atoms with Gasteiger partial charge in [0.1, 0.15) is 0 Å². The van der Waals surface area contributed by atoms with Crippen LogP contribution >= 0.6 is 22.6 Å². The number of nitrogens with one attached hydrogen (secondary N) is 2. The Labute approximate surface area is 124 Å². The molecule has 0 fully saturated rings. The molecule has 0 bridgehead atoms. The molecule has 0 spiro atoms. The molecule has 2 amide bonds. The number of urea groups is 1. The number of carboxylic acid groups (broad SMARTS) is 1. The first kappa shape index (κ1) is 15.7. The van der Waals surface area contributed by atoms with Crippen LogP contribution in [0, 0.1) is 10.5 Å². The summed E-state index contributed by atoms with van der Waals surface area (Å²) in [6.07, 6.45) is -1.05. The smallest absolute Gasteiger partial charge is 0.334 e. The van der Waals surface area contributed by atoms with E-state index in [-0.39, 0.29) is 6.54 Å². The molecule has 0 saturated heterocycles. The maximum Gasteiger partial charge on any atom is 0.334 e. The minimum Gasteiger partial charge on any atom is -0.479 e. The van der Waals surface area contributed by atoms with E-state index >= 15 is 0 Å². The van der Waals surface area contributed by atoms with Gasteiger partial charge in [0.05, 0.1) is 6.54 Å². The average molecular weight is 378 g/mol. The third-order valence-electron chi connectivity index (χ3n) is 2.52. The minimum atomic E-state index is -1.12. The van der Waals surface area contributed by atoms with E-state index in [1.54, 1.807) is 6.07 Å². The number of carboxylic acids is 1. The van der Waals surface area contributed by atoms with E-state index in [1.807, 2.05) is 19.1 Å². The molecule has 3 N–H and O–H groups in total. The topological polar surface area (TPSA) is 87.7 Å². The molecule has 1 aromatic rings. The van der Waals surface area contributed by atoms with Gasteiger partial charge < -0.3 is 20.5 Å². The van der Waals surface area contributed by atoms with Crippen LogP contribution in [0.15, 0.2) is 18.2 Å². The summed E-state index contributed by atoms with van der Waals surface area (Å²) in [6.45, 7) is 1.80. The van der Waals surface area contributed by atoms with Crippen molar-refractivity contribution in [2.75, 3.05) is 19.0 Å². The zero-order valence-corrected chi connectivity index (χ0v) is 12.7. The number of anilines is 1. The van der Waals surface area contributed by atoms with Crippen molar-refractivity contribution in [1.29, 1.82) is 0 Å². The molecule has 0 radical (unpaired) electrons. The standard InChI is InChI=1S/C12H15IN2O4/c1-7-8(13)4-3-5-9(7)15-12(18)14-6-10(19-2)11(16)17/h3-5,10H,6H2,1-2H3,(H,16,17)(H2,14,15,18). The highest BCUT2D eigenvalue weighted by Gasteiger charge is 2.17.